The zero-order chi connectivity index (χ0) is 12.3. The van der Waals surface area contributed by atoms with Crippen LogP contribution in [0.4, 0.5) is 8.78 Å². The fourth-order valence-electron chi connectivity index (χ4n) is 1.69. The zero-order valence-corrected chi connectivity index (χ0v) is 9.19. The molecule has 1 heterocycles. The van der Waals surface area contributed by atoms with Crippen LogP contribution in [0.15, 0.2) is 36.8 Å². The molecule has 0 amide bonds. The van der Waals surface area contributed by atoms with Crippen molar-refractivity contribution in [3.8, 4) is 0 Å². The number of hydrogen-bond donors (Lipinski definition) is 1. The molecule has 88 valence electrons. The third-order valence-corrected chi connectivity index (χ3v) is 2.46. The average molecular weight is 235 g/mol. The molecule has 0 bridgehead atoms. The van der Waals surface area contributed by atoms with Gasteiger partial charge < -0.3 is 5.32 Å². The van der Waals surface area contributed by atoms with Crippen LogP contribution in [-0.4, -0.2) is 17.0 Å². The smallest absolute Gasteiger partial charge is 0.131 e. The molecule has 0 aliphatic rings. The lowest BCUT2D eigenvalue weighted by Gasteiger charge is -2.16. The second-order valence-corrected chi connectivity index (χ2v) is 3.49. The van der Waals surface area contributed by atoms with Crippen LogP contribution in [0.5, 0.6) is 0 Å². The van der Waals surface area contributed by atoms with Gasteiger partial charge in [0.15, 0.2) is 0 Å². The summed E-state index contributed by atoms with van der Waals surface area (Å²) in [5, 5.41) is 2.83. The quantitative estimate of drug-likeness (QED) is 0.884. The highest BCUT2D eigenvalue weighted by molar-refractivity contribution is 5.29. The molecule has 0 aliphatic heterocycles. The summed E-state index contributed by atoms with van der Waals surface area (Å²) in [5.74, 6) is -1.20. The largest absolute Gasteiger partial charge is 0.308 e. The SMILES string of the molecule is CNC(c1cnccn1)c1c(F)cccc1F. The molecule has 0 fully saturated rings. The van der Waals surface area contributed by atoms with E-state index in [0.717, 1.165) is 0 Å². The molecule has 17 heavy (non-hydrogen) atoms. The first kappa shape index (κ1) is 11.6. The molecule has 1 atom stereocenters. The Morgan fingerprint density at radius 2 is 1.88 bits per heavy atom. The Balaban J connectivity index is 2.50. The maximum atomic E-state index is 13.6. The predicted octanol–water partition coefficient (Wildman–Crippen LogP) is 2.06. The summed E-state index contributed by atoms with van der Waals surface area (Å²) in [6, 6.07) is 3.13. The van der Waals surface area contributed by atoms with Crippen molar-refractivity contribution in [3.05, 3.63) is 59.7 Å². The van der Waals surface area contributed by atoms with E-state index < -0.39 is 17.7 Å². The summed E-state index contributed by atoms with van der Waals surface area (Å²) < 4.78 is 27.3. The summed E-state index contributed by atoms with van der Waals surface area (Å²) in [6.45, 7) is 0. The number of rotatable bonds is 3. The first-order valence-electron chi connectivity index (χ1n) is 5.11. The van der Waals surface area contributed by atoms with E-state index in [1.54, 1.807) is 7.05 Å². The van der Waals surface area contributed by atoms with Gasteiger partial charge in [0, 0.05) is 18.0 Å². The van der Waals surface area contributed by atoms with E-state index in [1.807, 2.05) is 0 Å². The van der Waals surface area contributed by atoms with Gasteiger partial charge in [0.25, 0.3) is 0 Å². The fraction of sp³-hybridized carbons (Fsp3) is 0.167. The maximum Gasteiger partial charge on any atom is 0.131 e. The van der Waals surface area contributed by atoms with Gasteiger partial charge >= 0.3 is 0 Å². The highest BCUT2D eigenvalue weighted by atomic mass is 19.1. The Labute approximate surface area is 97.5 Å². The van der Waals surface area contributed by atoms with E-state index in [-0.39, 0.29) is 5.56 Å². The van der Waals surface area contributed by atoms with Gasteiger partial charge in [-0.2, -0.15) is 0 Å². The summed E-state index contributed by atoms with van der Waals surface area (Å²) in [4.78, 5) is 7.94. The van der Waals surface area contributed by atoms with Crippen molar-refractivity contribution < 1.29 is 8.78 Å². The Morgan fingerprint density at radius 3 is 2.41 bits per heavy atom. The van der Waals surface area contributed by atoms with Gasteiger partial charge in [0.05, 0.1) is 17.9 Å². The highest BCUT2D eigenvalue weighted by Crippen LogP contribution is 2.24. The normalized spacial score (nSPS) is 12.4. The van der Waals surface area contributed by atoms with Gasteiger partial charge in [-0.15, -0.1) is 0 Å². The van der Waals surface area contributed by atoms with Gasteiger partial charge in [0.2, 0.25) is 0 Å². The molecule has 2 rings (SSSR count). The van der Waals surface area contributed by atoms with Crippen molar-refractivity contribution in [2.24, 2.45) is 0 Å². The van der Waals surface area contributed by atoms with Gasteiger partial charge in [-0.3, -0.25) is 9.97 Å². The van der Waals surface area contributed by atoms with Crippen molar-refractivity contribution in [1.82, 2.24) is 15.3 Å². The van der Waals surface area contributed by atoms with Crippen molar-refractivity contribution in [2.45, 2.75) is 6.04 Å². The molecule has 0 spiro atoms. The summed E-state index contributed by atoms with van der Waals surface area (Å²) >= 11 is 0. The van der Waals surface area contributed by atoms with Gasteiger partial charge in [-0.05, 0) is 19.2 Å². The molecule has 0 radical (unpaired) electrons. The monoisotopic (exact) mass is 235 g/mol. The highest BCUT2D eigenvalue weighted by Gasteiger charge is 2.21. The fourth-order valence-corrected chi connectivity index (χ4v) is 1.69. The predicted molar refractivity (Wildman–Crippen MR) is 59.3 cm³/mol. The number of nitrogens with zero attached hydrogens (tertiary/aromatic N) is 2. The molecule has 0 saturated heterocycles. The number of halogens is 2. The molecular weight excluding hydrogens is 224 g/mol. The van der Waals surface area contributed by atoms with Gasteiger partial charge in [-0.25, -0.2) is 8.78 Å². The summed E-state index contributed by atoms with van der Waals surface area (Å²) in [6.07, 6.45) is 4.47. The summed E-state index contributed by atoms with van der Waals surface area (Å²) in [5.41, 5.74) is 0.425. The van der Waals surface area contributed by atoms with Crippen LogP contribution in [0.25, 0.3) is 0 Å². The zero-order valence-electron chi connectivity index (χ0n) is 9.19. The molecule has 2 aromatic rings. The van der Waals surface area contributed by atoms with Gasteiger partial charge in [0.1, 0.15) is 11.6 Å². The van der Waals surface area contributed by atoms with E-state index in [2.05, 4.69) is 15.3 Å². The second-order valence-electron chi connectivity index (χ2n) is 3.49. The molecule has 1 aromatic carbocycles. The third kappa shape index (κ3) is 2.29. The molecule has 3 nitrogen and oxygen atoms in total. The molecule has 0 aliphatic carbocycles. The van der Waals surface area contributed by atoms with E-state index in [4.69, 9.17) is 0 Å². The van der Waals surface area contributed by atoms with Crippen molar-refractivity contribution in [3.63, 3.8) is 0 Å². The first-order chi connectivity index (χ1) is 8.24. The van der Waals surface area contributed by atoms with Crippen LogP contribution < -0.4 is 5.32 Å². The van der Waals surface area contributed by atoms with Crippen LogP contribution in [0.3, 0.4) is 0 Å². The topological polar surface area (TPSA) is 37.8 Å². The molecule has 0 saturated carbocycles. The molecule has 5 heteroatoms. The van der Waals surface area contributed by atoms with E-state index in [9.17, 15) is 8.78 Å². The Morgan fingerprint density at radius 1 is 1.18 bits per heavy atom. The third-order valence-electron chi connectivity index (χ3n) is 2.46. The van der Waals surface area contributed by atoms with Crippen LogP contribution in [-0.2, 0) is 0 Å². The van der Waals surface area contributed by atoms with Crippen molar-refractivity contribution in [1.29, 1.82) is 0 Å². The first-order valence-corrected chi connectivity index (χ1v) is 5.11. The molecular formula is C12H11F2N3. The number of aromatic nitrogens is 2. The van der Waals surface area contributed by atoms with E-state index in [0.29, 0.717) is 5.69 Å². The van der Waals surface area contributed by atoms with Crippen LogP contribution in [0.1, 0.15) is 17.3 Å². The second kappa shape index (κ2) is 4.97. The molecule has 1 unspecified atom stereocenters. The van der Waals surface area contributed by atoms with Crippen LogP contribution in [0.2, 0.25) is 0 Å². The minimum absolute atomic E-state index is 0.0458. The standard InChI is InChI=1S/C12H11F2N3/c1-15-12(10-7-16-5-6-17-10)11-8(13)3-2-4-9(11)14/h2-7,12,15H,1H3. The number of benzene rings is 1. The van der Waals surface area contributed by atoms with E-state index in [1.165, 1.54) is 36.8 Å². The average Bonchev–Trinajstić information content (AvgIpc) is 2.35. The van der Waals surface area contributed by atoms with Gasteiger partial charge in [-0.1, -0.05) is 6.07 Å². The lowest BCUT2D eigenvalue weighted by molar-refractivity contribution is 0.517. The Hall–Kier alpha value is -1.88. The Kier molecular flexibility index (Phi) is 3.39. The number of nitrogens with one attached hydrogen (secondary N) is 1. The maximum absolute atomic E-state index is 13.6. The minimum atomic E-state index is -0.648. The summed E-state index contributed by atoms with van der Waals surface area (Å²) in [7, 11) is 1.62. The van der Waals surface area contributed by atoms with Crippen LogP contribution in [0, 0.1) is 11.6 Å². The molecule has 1 aromatic heterocycles. The lowest BCUT2D eigenvalue weighted by Crippen LogP contribution is -2.21. The van der Waals surface area contributed by atoms with Crippen LogP contribution >= 0.6 is 0 Å². The Bertz CT molecular complexity index is 482. The number of hydrogen-bond acceptors (Lipinski definition) is 3. The lowest BCUT2D eigenvalue weighted by atomic mass is 10.0. The van der Waals surface area contributed by atoms with Crippen molar-refractivity contribution >= 4 is 0 Å². The van der Waals surface area contributed by atoms with Crippen molar-refractivity contribution in [2.75, 3.05) is 7.05 Å². The minimum Gasteiger partial charge on any atom is -0.308 e. The van der Waals surface area contributed by atoms with E-state index >= 15 is 0 Å². The molecule has 1 N–H and O–H groups in total.